The Morgan fingerprint density at radius 2 is 1.92 bits per heavy atom. The molecular formula is C20H15N3O3. The van der Waals surface area contributed by atoms with Gasteiger partial charge in [0.2, 0.25) is 5.82 Å². The number of aromatic hydroxyl groups is 1. The van der Waals surface area contributed by atoms with Crippen molar-refractivity contribution in [3.8, 4) is 28.6 Å². The van der Waals surface area contributed by atoms with Gasteiger partial charge in [-0.1, -0.05) is 35.5 Å². The van der Waals surface area contributed by atoms with E-state index in [1.54, 1.807) is 22.9 Å². The van der Waals surface area contributed by atoms with E-state index in [2.05, 4.69) is 10.1 Å². The summed E-state index contributed by atoms with van der Waals surface area (Å²) in [6.45, 7) is 0. The maximum atomic E-state index is 12.7. The molecule has 1 N–H and O–H groups in total. The molecule has 0 spiro atoms. The first kappa shape index (κ1) is 14.9. The third-order valence-electron chi connectivity index (χ3n) is 4.70. The largest absolute Gasteiger partial charge is 0.507 e. The highest BCUT2D eigenvalue weighted by Gasteiger charge is 2.26. The molecule has 2 aromatic heterocycles. The van der Waals surface area contributed by atoms with Crippen LogP contribution in [0.25, 0.3) is 33.6 Å². The van der Waals surface area contributed by atoms with Crippen LogP contribution in [0.4, 0.5) is 0 Å². The fraction of sp³-hybridized carbons (Fsp3) is 0.150. The summed E-state index contributed by atoms with van der Waals surface area (Å²) in [4.78, 5) is 17.1. The van der Waals surface area contributed by atoms with Crippen molar-refractivity contribution in [1.29, 1.82) is 0 Å². The van der Waals surface area contributed by atoms with Gasteiger partial charge in [-0.3, -0.25) is 4.79 Å². The second-order valence-corrected chi connectivity index (χ2v) is 6.47. The highest BCUT2D eigenvalue weighted by Crippen LogP contribution is 2.36. The van der Waals surface area contributed by atoms with Gasteiger partial charge in [0, 0.05) is 12.2 Å². The standard InChI is InChI=1S/C20H15N3O3/c24-16-10-7-12-4-1-2-5-14(12)17(16)19-21-18(22-26-19)15-6-3-11-23(20(15)25)13-8-9-13/h1-7,10-11,13,24H,8-9H2. The number of nitrogens with zero attached hydrogens (tertiary/aromatic N) is 3. The third kappa shape index (κ3) is 2.30. The van der Waals surface area contributed by atoms with E-state index >= 15 is 0 Å². The second kappa shape index (κ2) is 5.56. The minimum absolute atomic E-state index is 0.0577. The lowest BCUT2D eigenvalue weighted by molar-refractivity contribution is 0.426. The van der Waals surface area contributed by atoms with E-state index in [-0.39, 0.29) is 29.1 Å². The maximum absolute atomic E-state index is 12.7. The Morgan fingerprint density at radius 1 is 1.08 bits per heavy atom. The monoisotopic (exact) mass is 345 g/mol. The number of pyridine rings is 1. The van der Waals surface area contributed by atoms with E-state index in [1.165, 1.54) is 0 Å². The van der Waals surface area contributed by atoms with Crippen molar-refractivity contribution in [3.63, 3.8) is 0 Å². The number of benzene rings is 2. The molecule has 1 aliphatic rings. The van der Waals surface area contributed by atoms with Crippen LogP contribution >= 0.6 is 0 Å². The Hall–Kier alpha value is -3.41. The minimum Gasteiger partial charge on any atom is -0.507 e. The van der Waals surface area contributed by atoms with Gasteiger partial charge in [0.25, 0.3) is 11.4 Å². The second-order valence-electron chi connectivity index (χ2n) is 6.47. The van der Waals surface area contributed by atoms with Crippen LogP contribution in [0.2, 0.25) is 0 Å². The first-order valence-electron chi connectivity index (χ1n) is 8.49. The van der Waals surface area contributed by atoms with E-state index < -0.39 is 0 Å². The van der Waals surface area contributed by atoms with Crippen LogP contribution in [0.3, 0.4) is 0 Å². The number of aromatic nitrogens is 3. The average Bonchev–Trinajstić information content (AvgIpc) is 3.39. The van der Waals surface area contributed by atoms with E-state index in [0.29, 0.717) is 11.1 Å². The first-order valence-corrected chi connectivity index (χ1v) is 8.49. The Morgan fingerprint density at radius 3 is 2.77 bits per heavy atom. The quantitative estimate of drug-likeness (QED) is 0.611. The SMILES string of the molecule is O=c1c(-c2noc(-c3c(O)ccc4ccccc34)n2)cccn1C1CC1. The van der Waals surface area contributed by atoms with Gasteiger partial charge in [0.05, 0.1) is 11.1 Å². The number of fused-ring (bicyclic) bond motifs is 1. The summed E-state index contributed by atoms with van der Waals surface area (Å²) >= 11 is 0. The summed E-state index contributed by atoms with van der Waals surface area (Å²) in [6.07, 6.45) is 3.83. The molecule has 0 saturated heterocycles. The van der Waals surface area contributed by atoms with Crippen molar-refractivity contribution in [2.24, 2.45) is 0 Å². The minimum atomic E-state index is -0.121. The third-order valence-corrected chi connectivity index (χ3v) is 4.70. The van der Waals surface area contributed by atoms with Crippen LogP contribution in [-0.2, 0) is 0 Å². The summed E-state index contributed by atoms with van der Waals surface area (Å²) < 4.78 is 7.12. The van der Waals surface area contributed by atoms with Crippen molar-refractivity contribution in [1.82, 2.24) is 14.7 Å². The van der Waals surface area contributed by atoms with Crippen molar-refractivity contribution >= 4 is 10.8 Å². The van der Waals surface area contributed by atoms with Crippen LogP contribution in [-0.4, -0.2) is 19.8 Å². The van der Waals surface area contributed by atoms with E-state index in [1.807, 2.05) is 36.4 Å². The zero-order valence-electron chi connectivity index (χ0n) is 13.8. The van der Waals surface area contributed by atoms with Gasteiger partial charge in [-0.25, -0.2) is 0 Å². The summed E-state index contributed by atoms with van der Waals surface area (Å²) in [5.41, 5.74) is 0.749. The fourth-order valence-corrected chi connectivity index (χ4v) is 3.24. The zero-order valence-corrected chi connectivity index (χ0v) is 13.8. The molecule has 2 aromatic carbocycles. The van der Waals surface area contributed by atoms with Crippen molar-refractivity contribution < 1.29 is 9.63 Å². The molecular weight excluding hydrogens is 330 g/mol. The van der Waals surface area contributed by atoms with E-state index in [4.69, 9.17) is 4.52 Å². The van der Waals surface area contributed by atoms with Gasteiger partial charge in [0.15, 0.2) is 0 Å². The van der Waals surface area contributed by atoms with Gasteiger partial charge in [-0.2, -0.15) is 4.98 Å². The van der Waals surface area contributed by atoms with Crippen LogP contribution in [0, 0.1) is 0 Å². The van der Waals surface area contributed by atoms with Gasteiger partial charge >= 0.3 is 0 Å². The van der Waals surface area contributed by atoms with Gasteiger partial charge in [0.1, 0.15) is 5.75 Å². The molecule has 2 heterocycles. The van der Waals surface area contributed by atoms with Gasteiger partial charge < -0.3 is 14.2 Å². The molecule has 1 aliphatic carbocycles. The molecule has 0 radical (unpaired) electrons. The lowest BCUT2D eigenvalue weighted by Gasteiger charge is -2.05. The number of phenolic OH excluding ortho intramolecular Hbond substituents is 1. The average molecular weight is 345 g/mol. The molecule has 0 bridgehead atoms. The topological polar surface area (TPSA) is 81.2 Å². The molecule has 6 nitrogen and oxygen atoms in total. The summed E-state index contributed by atoms with van der Waals surface area (Å²) in [5.74, 6) is 0.477. The highest BCUT2D eigenvalue weighted by atomic mass is 16.5. The Balaban J connectivity index is 1.66. The first-order chi connectivity index (χ1) is 12.7. The predicted octanol–water partition coefficient (Wildman–Crippen LogP) is 3.76. The highest BCUT2D eigenvalue weighted by molar-refractivity contribution is 5.97. The fourth-order valence-electron chi connectivity index (χ4n) is 3.24. The molecule has 6 heteroatoms. The number of phenols is 1. The molecule has 0 aliphatic heterocycles. The molecule has 5 rings (SSSR count). The van der Waals surface area contributed by atoms with E-state index in [9.17, 15) is 9.90 Å². The van der Waals surface area contributed by atoms with Crippen LogP contribution < -0.4 is 5.56 Å². The molecule has 0 amide bonds. The maximum Gasteiger partial charge on any atom is 0.262 e. The summed E-state index contributed by atoms with van der Waals surface area (Å²) in [5, 5.41) is 16.1. The van der Waals surface area contributed by atoms with Crippen LogP contribution in [0.1, 0.15) is 18.9 Å². The Labute approximate surface area is 148 Å². The lowest BCUT2D eigenvalue weighted by atomic mass is 10.0. The zero-order chi connectivity index (χ0) is 17.7. The van der Waals surface area contributed by atoms with Crippen LogP contribution in [0.5, 0.6) is 5.75 Å². The number of rotatable bonds is 3. The molecule has 1 saturated carbocycles. The Bertz CT molecular complexity index is 1190. The van der Waals surface area contributed by atoms with Gasteiger partial charge in [-0.15, -0.1) is 0 Å². The number of hydrogen-bond acceptors (Lipinski definition) is 5. The number of hydrogen-bond donors (Lipinski definition) is 1. The smallest absolute Gasteiger partial charge is 0.262 e. The summed E-state index contributed by atoms with van der Waals surface area (Å²) in [6, 6.07) is 14.9. The normalized spacial score (nSPS) is 14.0. The Kier molecular flexibility index (Phi) is 3.18. The van der Waals surface area contributed by atoms with Crippen molar-refractivity contribution in [3.05, 3.63) is 65.1 Å². The molecule has 0 unspecified atom stereocenters. The summed E-state index contributed by atoms with van der Waals surface area (Å²) in [7, 11) is 0. The molecule has 128 valence electrons. The molecule has 4 aromatic rings. The molecule has 26 heavy (non-hydrogen) atoms. The molecule has 0 atom stereocenters. The van der Waals surface area contributed by atoms with Crippen molar-refractivity contribution in [2.75, 3.05) is 0 Å². The molecule has 1 fully saturated rings. The van der Waals surface area contributed by atoms with E-state index in [0.717, 1.165) is 23.6 Å². The lowest BCUT2D eigenvalue weighted by Crippen LogP contribution is -2.20. The predicted molar refractivity (Wildman–Crippen MR) is 96.9 cm³/mol. The van der Waals surface area contributed by atoms with Crippen LogP contribution in [0.15, 0.2) is 64.0 Å². The van der Waals surface area contributed by atoms with Crippen molar-refractivity contribution in [2.45, 2.75) is 18.9 Å². The van der Waals surface area contributed by atoms with Gasteiger partial charge in [-0.05, 0) is 41.8 Å².